The molecule has 1 aliphatic heterocycles. The summed E-state index contributed by atoms with van der Waals surface area (Å²) in [4.78, 5) is 11.8. The van der Waals surface area contributed by atoms with E-state index in [1.807, 2.05) is 24.3 Å². The van der Waals surface area contributed by atoms with Crippen molar-refractivity contribution in [3.8, 4) is 5.75 Å². The van der Waals surface area contributed by atoms with Crippen molar-refractivity contribution in [2.45, 2.75) is 12.5 Å². The van der Waals surface area contributed by atoms with Crippen LogP contribution in [0.15, 0.2) is 24.3 Å². The average molecular weight is 245 g/mol. The zero-order valence-electron chi connectivity index (χ0n) is 9.46. The number of hydrogen-bond donors (Lipinski definition) is 2. The fraction of sp³-hybridized carbons (Fsp3) is 0.273. The first-order valence-electron chi connectivity index (χ1n) is 5.60. The third kappa shape index (κ3) is 1.90. The average Bonchev–Trinajstić information content (AvgIpc) is 2.93. The van der Waals surface area contributed by atoms with E-state index in [1.54, 1.807) is 0 Å². The minimum Gasteiger partial charge on any atom is -0.493 e. The molecular weight excluding hydrogens is 234 g/mol. The van der Waals surface area contributed by atoms with Crippen molar-refractivity contribution < 1.29 is 9.53 Å². The predicted octanol–water partition coefficient (Wildman–Crippen LogP) is 0.453. The van der Waals surface area contributed by atoms with E-state index in [4.69, 9.17) is 4.74 Å². The quantitative estimate of drug-likeness (QED) is 0.801. The molecule has 0 bridgehead atoms. The maximum Gasteiger partial charge on any atom is 0.293 e. The Morgan fingerprint density at radius 3 is 3.17 bits per heavy atom. The van der Waals surface area contributed by atoms with Gasteiger partial charge in [-0.2, -0.15) is 5.21 Å². The second-order valence-corrected chi connectivity index (χ2v) is 3.94. The fourth-order valence-electron chi connectivity index (χ4n) is 1.97. The lowest BCUT2D eigenvalue weighted by atomic mass is 10.0. The minimum atomic E-state index is -0.342. The summed E-state index contributed by atoms with van der Waals surface area (Å²) >= 11 is 0. The molecular formula is C11H11N5O2. The number of aromatic amines is 1. The van der Waals surface area contributed by atoms with E-state index in [1.165, 1.54) is 0 Å². The molecule has 0 saturated carbocycles. The molecule has 2 heterocycles. The summed E-state index contributed by atoms with van der Waals surface area (Å²) in [7, 11) is 0. The van der Waals surface area contributed by atoms with Gasteiger partial charge in [-0.3, -0.25) is 4.79 Å². The van der Waals surface area contributed by atoms with Gasteiger partial charge >= 0.3 is 0 Å². The number of rotatable bonds is 2. The molecule has 92 valence electrons. The first-order chi connectivity index (χ1) is 8.84. The van der Waals surface area contributed by atoms with Crippen LogP contribution in [0.2, 0.25) is 0 Å². The van der Waals surface area contributed by atoms with Crippen LogP contribution in [-0.4, -0.2) is 33.1 Å². The number of benzene rings is 1. The lowest BCUT2D eigenvalue weighted by molar-refractivity contribution is 0.0914. The van der Waals surface area contributed by atoms with E-state index in [2.05, 4.69) is 25.9 Å². The van der Waals surface area contributed by atoms with Crippen molar-refractivity contribution in [2.75, 3.05) is 6.61 Å². The van der Waals surface area contributed by atoms with E-state index in [9.17, 15) is 4.79 Å². The van der Waals surface area contributed by atoms with Gasteiger partial charge in [0.05, 0.1) is 12.6 Å². The highest BCUT2D eigenvalue weighted by molar-refractivity contribution is 5.90. The molecule has 1 aromatic carbocycles. The van der Waals surface area contributed by atoms with Crippen molar-refractivity contribution in [3.63, 3.8) is 0 Å². The van der Waals surface area contributed by atoms with Crippen LogP contribution in [-0.2, 0) is 0 Å². The van der Waals surface area contributed by atoms with Crippen molar-refractivity contribution in [1.82, 2.24) is 25.9 Å². The highest BCUT2D eigenvalue weighted by Crippen LogP contribution is 2.31. The molecule has 1 atom stereocenters. The number of carbonyl (C=O) groups excluding carboxylic acids is 1. The van der Waals surface area contributed by atoms with Crippen molar-refractivity contribution >= 4 is 5.91 Å². The Labute approximate surface area is 103 Å². The molecule has 7 heteroatoms. The number of H-pyrrole nitrogens is 1. The Kier molecular flexibility index (Phi) is 2.64. The number of carbonyl (C=O) groups is 1. The summed E-state index contributed by atoms with van der Waals surface area (Å²) in [6, 6.07) is 7.57. The van der Waals surface area contributed by atoms with Crippen molar-refractivity contribution in [3.05, 3.63) is 35.7 Å². The summed E-state index contributed by atoms with van der Waals surface area (Å²) < 4.78 is 5.52. The van der Waals surface area contributed by atoms with Gasteiger partial charge in [-0.1, -0.05) is 18.2 Å². The molecule has 2 N–H and O–H groups in total. The number of nitrogens with one attached hydrogen (secondary N) is 2. The van der Waals surface area contributed by atoms with Crippen LogP contribution in [0.25, 0.3) is 0 Å². The number of nitrogens with zero attached hydrogens (tertiary/aromatic N) is 3. The summed E-state index contributed by atoms with van der Waals surface area (Å²) in [5.41, 5.74) is 0.973. The van der Waals surface area contributed by atoms with Crippen LogP contribution in [0.4, 0.5) is 0 Å². The molecule has 1 aromatic heterocycles. The number of ether oxygens (including phenoxy) is 1. The van der Waals surface area contributed by atoms with E-state index in [-0.39, 0.29) is 17.8 Å². The smallest absolute Gasteiger partial charge is 0.293 e. The molecule has 1 unspecified atom stereocenters. The van der Waals surface area contributed by atoms with Crippen LogP contribution in [0.5, 0.6) is 5.75 Å². The highest BCUT2D eigenvalue weighted by Gasteiger charge is 2.24. The van der Waals surface area contributed by atoms with Crippen LogP contribution in [0.3, 0.4) is 0 Å². The number of hydrogen-bond acceptors (Lipinski definition) is 5. The Hall–Kier alpha value is -2.44. The van der Waals surface area contributed by atoms with Gasteiger partial charge in [-0.25, -0.2) is 0 Å². The largest absolute Gasteiger partial charge is 0.493 e. The van der Waals surface area contributed by atoms with E-state index in [0.717, 1.165) is 17.7 Å². The lowest BCUT2D eigenvalue weighted by Crippen LogP contribution is -2.32. The highest BCUT2D eigenvalue weighted by atomic mass is 16.5. The Morgan fingerprint density at radius 2 is 2.33 bits per heavy atom. The molecule has 18 heavy (non-hydrogen) atoms. The fourth-order valence-corrected chi connectivity index (χ4v) is 1.97. The van der Waals surface area contributed by atoms with Gasteiger partial charge in [0.15, 0.2) is 0 Å². The zero-order chi connectivity index (χ0) is 12.4. The Morgan fingerprint density at radius 1 is 1.44 bits per heavy atom. The molecule has 1 aliphatic rings. The number of aromatic nitrogens is 4. The summed E-state index contributed by atoms with van der Waals surface area (Å²) in [6.07, 6.45) is 0.723. The summed E-state index contributed by atoms with van der Waals surface area (Å²) in [6.45, 7) is 0.578. The molecule has 0 fully saturated rings. The number of tetrazole rings is 1. The number of fused-ring (bicyclic) bond motifs is 1. The van der Waals surface area contributed by atoms with Gasteiger partial charge in [-0.05, 0) is 11.3 Å². The molecule has 2 aromatic rings. The van der Waals surface area contributed by atoms with Crippen LogP contribution in [0.1, 0.15) is 28.6 Å². The molecule has 3 rings (SSSR count). The third-order valence-electron chi connectivity index (χ3n) is 2.81. The second kappa shape index (κ2) is 4.44. The number of amides is 1. The molecule has 0 aliphatic carbocycles. The van der Waals surface area contributed by atoms with E-state index in [0.29, 0.717) is 6.61 Å². The van der Waals surface area contributed by atoms with Gasteiger partial charge in [0.2, 0.25) is 0 Å². The normalized spacial score (nSPS) is 17.7. The first-order valence-corrected chi connectivity index (χ1v) is 5.60. The molecule has 7 nitrogen and oxygen atoms in total. The van der Waals surface area contributed by atoms with Crippen molar-refractivity contribution in [2.24, 2.45) is 0 Å². The molecule has 1 amide bonds. The third-order valence-corrected chi connectivity index (χ3v) is 2.81. The molecule has 0 spiro atoms. The summed E-state index contributed by atoms with van der Waals surface area (Å²) in [5, 5.41) is 15.8. The maximum atomic E-state index is 11.8. The molecule has 0 radical (unpaired) electrons. The van der Waals surface area contributed by atoms with Gasteiger partial charge in [-0.15, -0.1) is 10.2 Å². The van der Waals surface area contributed by atoms with Crippen LogP contribution in [0, 0.1) is 0 Å². The maximum absolute atomic E-state index is 11.8. The predicted molar refractivity (Wildman–Crippen MR) is 60.9 cm³/mol. The van der Waals surface area contributed by atoms with Gasteiger partial charge in [0, 0.05) is 12.0 Å². The van der Waals surface area contributed by atoms with Crippen LogP contribution < -0.4 is 10.1 Å². The standard InChI is InChI=1S/C11H11N5O2/c17-11(10-13-15-16-14-10)12-8-5-6-18-9-4-2-1-3-7(8)9/h1-4,8H,5-6H2,(H,12,17)(H,13,14,15,16). The molecule has 0 saturated heterocycles. The van der Waals surface area contributed by atoms with Crippen LogP contribution >= 0.6 is 0 Å². The van der Waals surface area contributed by atoms with Gasteiger partial charge < -0.3 is 10.1 Å². The monoisotopic (exact) mass is 245 g/mol. The zero-order valence-corrected chi connectivity index (χ0v) is 9.46. The van der Waals surface area contributed by atoms with E-state index < -0.39 is 0 Å². The lowest BCUT2D eigenvalue weighted by Gasteiger charge is -2.26. The topological polar surface area (TPSA) is 92.8 Å². The Bertz CT molecular complexity index is 554. The number of para-hydroxylation sites is 1. The van der Waals surface area contributed by atoms with Crippen molar-refractivity contribution in [1.29, 1.82) is 0 Å². The SMILES string of the molecule is O=C(NC1CCOc2ccccc21)c1nn[nH]n1. The summed E-state index contributed by atoms with van der Waals surface area (Å²) in [5.74, 6) is 0.506. The first kappa shape index (κ1) is 10.7. The van der Waals surface area contributed by atoms with Gasteiger partial charge in [0.25, 0.3) is 11.7 Å². The van der Waals surface area contributed by atoms with Gasteiger partial charge in [0.1, 0.15) is 5.75 Å². The minimum absolute atomic E-state index is 0.0407. The Balaban J connectivity index is 1.80. The second-order valence-electron chi connectivity index (χ2n) is 3.94. The van der Waals surface area contributed by atoms with E-state index >= 15 is 0 Å².